The Bertz CT molecular complexity index is 459. The molecule has 2 rings (SSSR count). The molecule has 7 heteroatoms. The van der Waals surface area contributed by atoms with Gasteiger partial charge in [0.2, 0.25) is 5.28 Å². The van der Waals surface area contributed by atoms with Crippen molar-refractivity contribution in [3.05, 3.63) is 35.5 Å². The van der Waals surface area contributed by atoms with Gasteiger partial charge in [0.05, 0.1) is 6.20 Å². The number of hydrogen-bond donors (Lipinski definition) is 2. The first-order valence-corrected chi connectivity index (χ1v) is 5.03. The fourth-order valence-corrected chi connectivity index (χ4v) is 1.34. The van der Waals surface area contributed by atoms with Crippen LogP contribution in [0, 0.1) is 5.82 Å². The normalized spacial score (nSPS) is 10.4. The van der Waals surface area contributed by atoms with Crippen molar-refractivity contribution in [2.75, 3.05) is 11.9 Å². The fourth-order valence-electron chi connectivity index (χ4n) is 1.20. The Balaban J connectivity index is 1.92. The van der Waals surface area contributed by atoms with E-state index >= 15 is 0 Å². The van der Waals surface area contributed by atoms with E-state index in [1.54, 1.807) is 12.4 Å². The molecule has 0 saturated carbocycles. The number of nitrogens with one attached hydrogen (secondary N) is 2. The molecular weight excluding hydrogens is 233 g/mol. The zero-order chi connectivity index (χ0) is 11.4. The van der Waals surface area contributed by atoms with Crippen molar-refractivity contribution in [2.24, 2.45) is 0 Å². The Labute approximate surface area is 96.1 Å². The lowest BCUT2D eigenvalue weighted by Crippen LogP contribution is -2.09. The van der Waals surface area contributed by atoms with E-state index in [2.05, 4.69) is 25.3 Å². The van der Waals surface area contributed by atoms with E-state index in [1.165, 1.54) is 0 Å². The van der Waals surface area contributed by atoms with Crippen LogP contribution in [0.1, 0.15) is 5.82 Å². The van der Waals surface area contributed by atoms with Gasteiger partial charge in [-0.15, -0.1) is 0 Å². The highest BCUT2D eigenvalue weighted by Crippen LogP contribution is 2.11. The highest BCUT2D eigenvalue weighted by molar-refractivity contribution is 6.28. The third kappa shape index (κ3) is 2.66. The first-order chi connectivity index (χ1) is 7.75. The zero-order valence-corrected chi connectivity index (χ0v) is 9.00. The SMILES string of the molecule is Fc1cnc(Cl)nc1NCCc1ncc[nH]1. The molecule has 0 saturated heterocycles. The van der Waals surface area contributed by atoms with Gasteiger partial charge in [0, 0.05) is 25.4 Å². The van der Waals surface area contributed by atoms with Gasteiger partial charge >= 0.3 is 0 Å². The largest absolute Gasteiger partial charge is 0.367 e. The van der Waals surface area contributed by atoms with E-state index in [4.69, 9.17) is 11.6 Å². The zero-order valence-electron chi connectivity index (χ0n) is 8.24. The van der Waals surface area contributed by atoms with Gasteiger partial charge in [0.1, 0.15) is 5.82 Å². The van der Waals surface area contributed by atoms with Crippen molar-refractivity contribution in [1.82, 2.24) is 19.9 Å². The highest BCUT2D eigenvalue weighted by atomic mass is 35.5. The fraction of sp³-hybridized carbons (Fsp3) is 0.222. The molecule has 84 valence electrons. The van der Waals surface area contributed by atoms with Gasteiger partial charge in [0.15, 0.2) is 11.6 Å². The Hall–Kier alpha value is -1.69. The van der Waals surface area contributed by atoms with Crippen LogP contribution in [0.15, 0.2) is 18.6 Å². The van der Waals surface area contributed by atoms with Gasteiger partial charge in [-0.25, -0.2) is 14.4 Å². The molecule has 0 amide bonds. The van der Waals surface area contributed by atoms with Gasteiger partial charge in [0.25, 0.3) is 0 Å². The summed E-state index contributed by atoms with van der Waals surface area (Å²) >= 11 is 5.55. The van der Waals surface area contributed by atoms with Crippen molar-refractivity contribution >= 4 is 17.4 Å². The summed E-state index contributed by atoms with van der Waals surface area (Å²) < 4.78 is 13.2. The predicted molar refractivity (Wildman–Crippen MR) is 57.8 cm³/mol. The Kier molecular flexibility index (Phi) is 3.31. The topological polar surface area (TPSA) is 66.5 Å². The van der Waals surface area contributed by atoms with Gasteiger partial charge < -0.3 is 10.3 Å². The van der Waals surface area contributed by atoms with Crippen LogP contribution in [0.3, 0.4) is 0 Å². The summed E-state index contributed by atoms with van der Waals surface area (Å²) in [6.07, 6.45) is 5.08. The van der Waals surface area contributed by atoms with Crippen molar-refractivity contribution in [1.29, 1.82) is 0 Å². The molecule has 0 bridgehead atoms. The van der Waals surface area contributed by atoms with Crippen LogP contribution < -0.4 is 5.32 Å². The van der Waals surface area contributed by atoms with Crippen LogP contribution in [0.5, 0.6) is 0 Å². The third-order valence-electron chi connectivity index (χ3n) is 1.92. The number of hydrogen-bond acceptors (Lipinski definition) is 4. The minimum absolute atomic E-state index is 0.0156. The van der Waals surface area contributed by atoms with Crippen LogP contribution in [0.2, 0.25) is 5.28 Å². The highest BCUT2D eigenvalue weighted by Gasteiger charge is 2.05. The van der Waals surface area contributed by atoms with Crippen molar-refractivity contribution in [2.45, 2.75) is 6.42 Å². The number of aromatic amines is 1. The molecule has 0 radical (unpaired) electrons. The molecule has 2 heterocycles. The van der Waals surface area contributed by atoms with E-state index in [0.29, 0.717) is 13.0 Å². The number of rotatable bonds is 4. The van der Waals surface area contributed by atoms with Gasteiger partial charge in [-0.3, -0.25) is 0 Å². The number of anilines is 1. The van der Waals surface area contributed by atoms with E-state index in [-0.39, 0.29) is 11.1 Å². The summed E-state index contributed by atoms with van der Waals surface area (Å²) in [7, 11) is 0. The number of halogens is 2. The number of H-pyrrole nitrogens is 1. The Morgan fingerprint density at radius 2 is 2.31 bits per heavy atom. The van der Waals surface area contributed by atoms with Crippen molar-refractivity contribution in [3.63, 3.8) is 0 Å². The monoisotopic (exact) mass is 241 g/mol. The average molecular weight is 242 g/mol. The maximum absolute atomic E-state index is 13.2. The Morgan fingerprint density at radius 1 is 1.44 bits per heavy atom. The number of imidazole rings is 1. The van der Waals surface area contributed by atoms with Crippen LogP contribution in [0.25, 0.3) is 0 Å². The van der Waals surface area contributed by atoms with Crippen LogP contribution in [-0.4, -0.2) is 26.5 Å². The van der Waals surface area contributed by atoms with Crippen LogP contribution in [0.4, 0.5) is 10.2 Å². The molecule has 0 atom stereocenters. The second-order valence-electron chi connectivity index (χ2n) is 3.05. The quantitative estimate of drug-likeness (QED) is 0.799. The molecule has 0 aliphatic carbocycles. The molecule has 0 spiro atoms. The van der Waals surface area contributed by atoms with Crippen molar-refractivity contribution in [3.8, 4) is 0 Å². The summed E-state index contributed by atoms with van der Waals surface area (Å²) in [6.45, 7) is 0.512. The van der Waals surface area contributed by atoms with E-state index in [1.807, 2.05) is 0 Å². The Morgan fingerprint density at radius 3 is 3.06 bits per heavy atom. The van der Waals surface area contributed by atoms with Gasteiger partial charge in [-0.2, -0.15) is 4.98 Å². The summed E-state index contributed by atoms with van der Waals surface area (Å²) in [4.78, 5) is 14.2. The molecule has 2 aromatic rings. The number of aromatic nitrogens is 4. The van der Waals surface area contributed by atoms with Crippen LogP contribution >= 0.6 is 11.6 Å². The standard InChI is InChI=1S/C9H9ClFN5/c10-9-15-5-6(11)8(16-9)14-2-1-7-12-3-4-13-7/h3-5H,1-2H2,(H,12,13)(H,14,15,16). The maximum Gasteiger partial charge on any atom is 0.224 e. The molecule has 2 aromatic heterocycles. The summed E-state index contributed by atoms with van der Waals surface area (Å²) in [6, 6.07) is 0. The number of nitrogens with zero attached hydrogens (tertiary/aromatic N) is 3. The first kappa shape index (κ1) is 10.8. The van der Waals surface area contributed by atoms with Crippen molar-refractivity contribution < 1.29 is 4.39 Å². The minimum Gasteiger partial charge on any atom is -0.367 e. The summed E-state index contributed by atoms with van der Waals surface area (Å²) in [5.41, 5.74) is 0. The second-order valence-corrected chi connectivity index (χ2v) is 3.39. The summed E-state index contributed by atoms with van der Waals surface area (Å²) in [5, 5.41) is 2.84. The molecule has 0 fully saturated rings. The molecule has 0 aliphatic heterocycles. The van der Waals surface area contributed by atoms with E-state index in [0.717, 1.165) is 12.0 Å². The lowest BCUT2D eigenvalue weighted by molar-refractivity contribution is 0.616. The molecule has 5 nitrogen and oxygen atoms in total. The molecule has 0 aromatic carbocycles. The smallest absolute Gasteiger partial charge is 0.224 e. The molecule has 0 unspecified atom stereocenters. The average Bonchev–Trinajstić information content (AvgIpc) is 2.76. The van der Waals surface area contributed by atoms with Crippen LogP contribution in [-0.2, 0) is 6.42 Å². The van der Waals surface area contributed by atoms with Gasteiger partial charge in [-0.1, -0.05) is 0 Å². The molecule has 2 N–H and O–H groups in total. The summed E-state index contributed by atoms with van der Waals surface area (Å²) in [5.74, 6) is 0.406. The lowest BCUT2D eigenvalue weighted by Gasteiger charge is -2.04. The van der Waals surface area contributed by atoms with E-state index in [9.17, 15) is 4.39 Å². The third-order valence-corrected chi connectivity index (χ3v) is 2.11. The van der Waals surface area contributed by atoms with E-state index < -0.39 is 5.82 Å². The van der Waals surface area contributed by atoms with Gasteiger partial charge in [-0.05, 0) is 11.6 Å². The maximum atomic E-state index is 13.2. The second kappa shape index (κ2) is 4.89. The lowest BCUT2D eigenvalue weighted by atomic mass is 10.4. The minimum atomic E-state index is -0.524. The molecule has 0 aliphatic rings. The predicted octanol–water partition coefficient (Wildman–Crippen LogP) is 1.65. The molecular formula is C9H9ClFN5. The first-order valence-electron chi connectivity index (χ1n) is 4.66. The molecule has 16 heavy (non-hydrogen) atoms.